The van der Waals surface area contributed by atoms with Crippen molar-refractivity contribution in [2.24, 2.45) is 0 Å². The normalized spacial score (nSPS) is 10.9. The lowest BCUT2D eigenvalue weighted by atomic mass is 9.94. The molecular formula is C16H18O4. The topological polar surface area (TPSA) is 56.5 Å². The van der Waals surface area contributed by atoms with Crippen LogP contribution in [-0.4, -0.2) is 13.1 Å². The molecule has 0 atom stereocenters. The third-order valence-corrected chi connectivity index (χ3v) is 4.08. The van der Waals surface area contributed by atoms with Gasteiger partial charge in [-0.3, -0.25) is 4.79 Å². The van der Waals surface area contributed by atoms with E-state index in [-0.39, 0.29) is 11.0 Å². The molecule has 2 rings (SSSR count). The number of ether oxygens (including phenoxy) is 1. The maximum Gasteiger partial charge on any atom is 0.345 e. The molecule has 0 saturated carbocycles. The van der Waals surface area contributed by atoms with Crippen molar-refractivity contribution in [1.29, 1.82) is 0 Å². The number of benzene rings is 1. The van der Waals surface area contributed by atoms with E-state index in [1.165, 1.54) is 7.11 Å². The Kier molecular flexibility index (Phi) is 3.42. The Hall–Kier alpha value is -2.10. The molecule has 1 aromatic carbocycles. The van der Waals surface area contributed by atoms with Crippen LogP contribution in [0.15, 0.2) is 9.21 Å². The van der Waals surface area contributed by atoms with Crippen LogP contribution in [0.4, 0.5) is 0 Å². The summed E-state index contributed by atoms with van der Waals surface area (Å²) in [4.78, 5) is 24.4. The van der Waals surface area contributed by atoms with Crippen molar-refractivity contribution in [3.8, 4) is 0 Å². The largest absolute Gasteiger partial charge is 0.465 e. The summed E-state index contributed by atoms with van der Waals surface area (Å²) >= 11 is 0. The Bertz CT molecular complexity index is 782. The Morgan fingerprint density at radius 3 is 2.05 bits per heavy atom. The zero-order valence-corrected chi connectivity index (χ0v) is 12.6. The molecule has 0 aliphatic carbocycles. The van der Waals surface area contributed by atoms with Crippen molar-refractivity contribution in [1.82, 2.24) is 0 Å². The summed E-state index contributed by atoms with van der Waals surface area (Å²) in [5, 5.41) is 0.469. The molecule has 20 heavy (non-hydrogen) atoms. The van der Waals surface area contributed by atoms with E-state index < -0.39 is 5.97 Å². The summed E-state index contributed by atoms with van der Waals surface area (Å²) in [7, 11) is 1.25. The smallest absolute Gasteiger partial charge is 0.345 e. The van der Waals surface area contributed by atoms with Crippen molar-refractivity contribution in [3.05, 3.63) is 43.8 Å². The van der Waals surface area contributed by atoms with Gasteiger partial charge in [-0.25, -0.2) is 4.79 Å². The maximum absolute atomic E-state index is 12.6. The van der Waals surface area contributed by atoms with Gasteiger partial charge in [-0.15, -0.1) is 0 Å². The van der Waals surface area contributed by atoms with Crippen LogP contribution in [0.3, 0.4) is 0 Å². The highest BCUT2D eigenvalue weighted by Crippen LogP contribution is 2.28. The fraction of sp³-hybridized carbons (Fsp3) is 0.375. The maximum atomic E-state index is 12.6. The van der Waals surface area contributed by atoms with E-state index >= 15 is 0 Å². The molecule has 1 heterocycles. The molecule has 0 fully saturated rings. The Balaban J connectivity index is 3.08. The molecule has 4 nitrogen and oxygen atoms in total. The van der Waals surface area contributed by atoms with Crippen LogP contribution in [0.2, 0.25) is 0 Å². The first-order valence-electron chi connectivity index (χ1n) is 6.43. The minimum Gasteiger partial charge on any atom is -0.465 e. The summed E-state index contributed by atoms with van der Waals surface area (Å²) in [6.45, 7) is 9.37. The van der Waals surface area contributed by atoms with E-state index in [4.69, 9.17) is 4.42 Å². The number of carbonyl (C=O) groups is 1. The summed E-state index contributed by atoms with van der Waals surface area (Å²) in [5.41, 5.74) is 4.14. The Labute approximate surface area is 117 Å². The number of carbonyl (C=O) groups excluding carboxylic acids is 1. The lowest BCUT2D eigenvalue weighted by molar-refractivity contribution is 0.0595. The molecule has 0 N–H and O–H groups in total. The van der Waals surface area contributed by atoms with E-state index in [2.05, 4.69) is 4.74 Å². The second-order valence-corrected chi connectivity index (χ2v) is 5.06. The van der Waals surface area contributed by atoms with Gasteiger partial charge < -0.3 is 9.15 Å². The highest BCUT2D eigenvalue weighted by atomic mass is 16.5. The molecule has 0 aliphatic heterocycles. The molecule has 2 aromatic rings. The standard InChI is InChI=1S/C16H18O4/c1-7-8(2)10(4)15-12(9(7)3)14(17)13(11(5)20-15)16(18)19-6/h1-6H3. The number of aryl methyl sites for hydroxylation is 3. The van der Waals surface area contributed by atoms with Gasteiger partial charge in [0, 0.05) is 0 Å². The molecule has 0 aliphatic rings. The summed E-state index contributed by atoms with van der Waals surface area (Å²) in [5.74, 6) is -0.367. The molecule has 0 radical (unpaired) electrons. The molecule has 0 amide bonds. The fourth-order valence-electron chi connectivity index (χ4n) is 2.51. The monoisotopic (exact) mass is 274 g/mol. The molecule has 106 valence electrons. The van der Waals surface area contributed by atoms with Crippen LogP contribution in [0.5, 0.6) is 0 Å². The molecule has 0 bridgehead atoms. The van der Waals surface area contributed by atoms with Gasteiger partial charge in [0.05, 0.1) is 12.5 Å². The predicted molar refractivity (Wildman–Crippen MR) is 77.5 cm³/mol. The van der Waals surface area contributed by atoms with Gasteiger partial charge in [-0.1, -0.05) is 0 Å². The number of hydrogen-bond acceptors (Lipinski definition) is 4. The number of methoxy groups -OCH3 is 1. The van der Waals surface area contributed by atoms with Crippen molar-refractivity contribution < 1.29 is 13.9 Å². The third kappa shape index (κ3) is 1.83. The number of fused-ring (bicyclic) bond motifs is 1. The molecule has 0 spiro atoms. The van der Waals surface area contributed by atoms with Gasteiger partial charge in [0.25, 0.3) is 0 Å². The first-order valence-corrected chi connectivity index (χ1v) is 6.43. The van der Waals surface area contributed by atoms with Crippen LogP contribution in [0.25, 0.3) is 11.0 Å². The fourth-order valence-corrected chi connectivity index (χ4v) is 2.51. The van der Waals surface area contributed by atoms with Gasteiger partial charge in [0.1, 0.15) is 16.9 Å². The molecular weight excluding hydrogens is 256 g/mol. The van der Waals surface area contributed by atoms with E-state index in [1.54, 1.807) is 6.92 Å². The second kappa shape index (κ2) is 4.78. The van der Waals surface area contributed by atoms with E-state index in [1.807, 2.05) is 27.7 Å². The first-order chi connectivity index (χ1) is 9.31. The average Bonchev–Trinajstić information content (AvgIpc) is 2.41. The minimum absolute atomic E-state index is 0.0225. The molecule has 0 saturated heterocycles. The minimum atomic E-state index is -0.659. The Morgan fingerprint density at radius 2 is 1.50 bits per heavy atom. The lowest BCUT2D eigenvalue weighted by Crippen LogP contribution is -2.19. The number of hydrogen-bond donors (Lipinski definition) is 0. The van der Waals surface area contributed by atoms with Gasteiger partial charge in [0.15, 0.2) is 0 Å². The van der Waals surface area contributed by atoms with E-state index in [0.717, 1.165) is 22.3 Å². The van der Waals surface area contributed by atoms with Crippen molar-refractivity contribution in [3.63, 3.8) is 0 Å². The molecule has 0 unspecified atom stereocenters. The highest BCUT2D eigenvalue weighted by molar-refractivity contribution is 5.96. The zero-order chi connectivity index (χ0) is 15.2. The van der Waals surface area contributed by atoms with Crippen molar-refractivity contribution in [2.45, 2.75) is 34.6 Å². The zero-order valence-electron chi connectivity index (χ0n) is 12.6. The van der Waals surface area contributed by atoms with E-state index in [0.29, 0.717) is 16.7 Å². The van der Waals surface area contributed by atoms with Gasteiger partial charge in [-0.2, -0.15) is 0 Å². The van der Waals surface area contributed by atoms with Gasteiger partial charge in [0.2, 0.25) is 5.43 Å². The average molecular weight is 274 g/mol. The van der Waals surface area contributed by atoms with Crippen molar-refractivity contribution >= 4 is 16.9 Å². The number of esters is 1. The number of rotatable bonds is 1. The van der Waals surface area contributed by atoms with Crippen molar-refractivity contribution in [2.75, 3.05) is 7.11 Å². The van der Waals surface area contributed by atoms with Crippen LogP contribution in [-0.2, 0) is 4.74 Å². The predicted octanol–water partition coefficient (Wildman–Crippen LogP) is 3.12. The quantitative estimate of drug-likeness (QED) is 0.750. The summed E-state index contributed by atoms with van der Waals surface area (Å²) < 4.78 is 10.4. The van der Waals surface area contributed by atoms with Crippen LogP contribution < -0.4 is 5.43 Å². The SMILES string of the molecule is COC(=O)c1c(C)oc2c(C)c(C)c(C)c(C)c2c1=O. The van der Waals surface area contributed by atoms with Crippen LogP contribution in [0, 0.1) is 34.6 Å². The van der Waals surface area contributed by atoms with Gasteiger partial charge >= 0.3 is 5.97 Å². The molecule has 1 aromatic heterocycles. The summed E-state index contributed by atoms with van der Waals surface area (Å²) in [6, 6.07) is 0. The lowest BCUT2D eigenvalue weighted by Gasteiger charge is -2.14. The van der Waals surface area contributed by atoms with Gasteiger partial charge in [-0.05, 0) is 56.9 Å². The van der Waals surface area contributed by atoms with Crippen LogP contribution >= 0.6 is 0 Å². The first kappa shape index (κ1) is 14.3. The van der Waals surface area contributed by atoms with E-state index in [9.17, 15) is 9.59 Å². The third-order valence-electron chi connectivity index (χ3n) is 4.08. The summed E-state index contributed by atoms with van der Waals surface area (Å²) in [6.07, 6.45) is 0. The second-order valence-electron chi connectivity index (χ2n) is 5.06. The highest BCUT2D eigenvalue weighted by Gasteiger charge is 2.22. The molecule has 4 heteroatoms. The van der Waals surface area contributed by atoms with Crippen LogP contribution in [0.1, 0.15) is 38.4 Å². The Morgan fingerprint density at radius 1 is 0.950 bits per heavy atom.